The van der Waals surface area contributed by atoms with Crippen LogP contribution in [0.1, 0.15) is 0 Å². The number of nitrogens with zero attached hydrogens (tertiary/aromatic N) is 3. The second kappa shape index (κ2) is 13.1. The standard InChI is InChI=1S/C53H33N3/c1-3-17-34(18-4-1)51-54-52(35-19-5-2-6-20-35)56-53(55-51)36-31-32-44-40-24-10-8-22-38(40)37-21-7-9-23-39(37)41-25-11-14-28-45(41)49-46-29-15-12-26-42(46)43-27-13-16-30-47(43)50(49)48(44)33-36/h1-33H. The lowest BCUT2D eigenvalue weighted by atomic mass is 9.88. The maximum atomic E-state index is 5.18. The molecule has 0 radical (unpaired) electrons. The van der Waals surface area contributed by atoms with Gasteiger partial charge in [-0.05, 0) is 81.5 Å². The van der Waals surface area contributed by atoms with E-state index in [-0.39, 0.29) is 0 Å². The second-order valence-electron chi connectivity index (χ2n) is 14.3. The summed E-state index contributed by atoms with van der Waals surface area (Å²) in [5.74, 6) is 1.91. The molecule has 0 aliphatic heterocycles. The van der Waals surface area contributed by atoms with Gasteiger partial charge in [-0.2, -0.15) is 0 Å². The van der Waals surface area contributed by atoms with Crippen LogP contribution in [0.4, 0.5) is 0 Å². The van der Waals surface area contributed by atoms with Crippen molar-refractivity contribution in [3.05, 3.63) is 200 Å². The van der Waals surface area contributed by atoms with Crippen LogP contribution in [-0.4, -0.2) is 15.0 Å². The lowest BCUT2D eigenvalue weighted by Crippen LogP contribution is -2.00. The van der Waals surface area contributed by atoms with E-state index in [1.165, 1.54) is 64.6 Å². The maximum absolute atomic E-state index is 5.18. The highest BCUT2D eigenvalue weighted by Crippen LogP contribution is 2.43. The Hall–Kier alpha value is -7.49. The first-order valence-electron chi connectivity index (χ1n) is 19.0. The zero-order valence-electron chi connectivity index (χ0n) is 30.4. The molecule has 10 aromatic carbocycles. The molecule has 260 valence electrons. The Labute approximate surface area is 323 Å². The van der Waals surface area contributed by atoms with Crippen molar-refractivity contribution in [2.75, 3.05) is 0 Å². The van der Waals surface area contributed by atoms with Gasteiger partial charge in [-0.3, -0.25) is 0 Å². The van der Waals surface area contributed by atoms with Gasteiger partial charge in [0.25, 0.3) is 0 Å². The normalized spacial score (nSPS) is 11.6. The van der Waals surface area contributed by atoms with Gasteiger partial charge >= 0.3 is 0 Å². The fraction of sp³-hybridized carbons (Fsp3) is 0. The number of fused-ring (bicyclic) bond motifs is 15. The summed E-state index contributed by atoms with van der Waals surface area (Å²) in [6.07, 6.45) is 0. The summed E-state index contributed by atoms with van der Waals surface area (Å²) in [5.41, 5.74) is 2.81. The molecule has 0 aliphatic carbocycles. The van der Waals surface area contributed by atoms with Gasteiger partial charge in [0.1, 0.15) is 0 Å². The summed E-state index contributed by atoms with van der Waals surface area (Å²) in [7, 11) is 0. The molecule has 11 aromatic rings. The van der Waals surface area contributed by atoms with Gasteiger partial charge < -0.3 is 0 Å². The first-order valence-corrected chi connectivity index (χ1v) is 19.0. The van der Waals surface area contributed by atoms with Crippen molar-refractivity contribution in [2.24, 2.45) is 0 Å². The predicted molar refractivity (Wildman–Crippen MR) is 236 cm³/mol. The lowest BCUT2D eigenvalue weighted by Gasteiger charge is -2.15. The fourth-order valence-electron chi connectivity index (χ4n) is 8.61. The first-order chi connectivity index (χ1) is 27.8. The molecule has 0 spiro atoms. The Morgan fingerprint density at radius 3 is 0.839 bits per heavy atom. The van der Waals surface area contributed by atoms with Gasteiger partial charge in [-0.15, -0.1) is 0 Å². The number of rotatable bonds is 3. The van der Waals surface area contributed by atoms with Crippen molar-refractivity contribution in [2.45, 2.75) is 0 Å². The minimum Gasteiger partial charge on any atom is -0.208 e. The summed E-state index contributed by atoms with van der Waals surface area (Å²) in [6.45, 7) is 0. The molecule has 0 fully saturated rings. The third-order valence-electron chi connectivity index (χ3n) is 11.1. The van der Waals surface area contributed by atoms with E-state index in [4.69, 9.17) is 15.0 Å². The Morgan fingerprint density at radius 2 is 0.464 bits per heavy atom. The molecule has 0 bridgehead atoms. The van der Waals surface area contributed by atoms with Crippen LogP contribution in [-0.2, 0) is 0 Å². The monoisotopic (exact) mass is 711 g/mol. The molecule has 11 rings (SSSR count). The third-order valence-corrected chi connectivity index (χ3v) is 11.1. The van der Waals surface area contributed by atoms with Crippen LogP contribution in [0.25, 0.3) is 110 Å². The highest BCUT2D eigenvalue weighted by atomic mass is 15.0. The van der Waals surface area contributed by atoms with E-state index < -0.39 is 0 Å². The summed E-state index contributed by atoms with van der Waals surface area (Å²) in [6, 6.07) is 71.5. The molecule has 56 heavy (non-hydrogen) atoms. The molecule has 3 nitrogen and oxygen atoms in total. The first kappa shape index (κ1) is 32.0. The molecule has 0 atom stereocenters. The van der Waals surface area contributed by atoms with Crippen LogP contribution in [0.15, 0.2) is 200 Å². The molecule has 0 aliphatic rings. The van der Waals surface area contributed by atoms with Crippen molar-refractivity contribution in [1.29, 1.82) is 0 Å². The van der Waals surface area contributed by atoms with Crippen molar-refractivity contribution >= 4 is 75.4 Å². The van der Waals surface area contributed by atoms with Gasteiger partial charge in [-0.25, -0.2) is 15.0 Å². The molecule has 0 amide bonds. The van der Waals surface area contributed by atoms with Crippen LogP contribution in [0.5, 0.6) is 0 Å². The molecular formula is C53H33N3. The van der Waals surface area contributed by atoms with Gasteiger partial charge in [0.2, 0.25) is 0 Å². The Balaban J connectivity index is 1.40. The van der Waals surface area contributed by atoms with Crippen LogP contribution < -0.4 is 0 Å². The van der Waals surface area contributed by atoms with Gasteiger partial charge in [0, 0.05) is 16.7 Å². The zero-order valence-corrected chi connectivity index (χ0v) is 30.4. The molecule has 1 aromatic heterocycles. The SMILES string of the molecule is c1ccc(-c2nc(-c3ccccc3)nc(-c3ccc4c5ccccc5c5ccccc5c5ccccc5c5c6ccccc6c6ccccc6c5c4c3)n2)cc1. The molecule has 1 heterocycles. The van der Waals surface area contributed by atoms with E-state index in [1.54, 1.807) is 0 Å². The van der Waals surface area contributed by atoms with Crippen LogP contribution in [0, 0.1) is 0 Å². The minimum absolute atomic E-state index is 0.628. The summed E-state index contributed by atoms with van der Waals surface area (Å²) in [4.78, 5) is 15.4. The Bertz CT molecular complexity index is 3350. The number of aromatic nitrogens is 3. The van der Waals surface area contributed by atoms with E-state index in [0.717, 1.165) is 27.5 Å². The maximum Gasteiger partial charge on any atom is 0.164 e. The summed E-state index contributed by atoms with van der Waals surface area (Å²) in [5, 5.41) is 16.8. The van der Waals surface area contributed by atoms with Crippen molar-refractivity contribution in [3.63, 3.8) is 0 Å². The van der Waals surface area contributed by atoms with E-state index in [9.17, 15) is 0 Å². The molecule has 0 unspecified atom stereocenters. The van der Waals surface area contributed by atoms with Gasteiger partial charge in [0.05, 0.1) is 0 Å². The summed E-state index contributed by atoms with van der Waals surface area (Å²) < 4.78 is 0. The molecule has 0 saturated carbocycles. The summed E-state index contributed by atoms with van der Waals surface area (Å²) >= 11 is 0. The van der Waals surface area contributed by atoms with Crippen molar-refractivity contribution in [3.8, 4) is 34.2 Å². The molecular weight excluding hydrogens is 679 g/mol. The molecule has 3 heteroatoms. The number of hydrogen-bond donors (Lipinski definition) is 0. The Morgan fingerprint density at radius 1 is 0.196 bits per heavy atom. The largest absolute Gasteiger partial charge is 0.208 e. The van der Waals surface area contributed by atoms with E-state index in [2.05, 4.69) is 164 Å². The number of benzene rings is 9. The lowest BCUT2D eigenvalue weighted by molar-refractivity contribution is 1.07. The smallest absolute Gasteiger partial charge is 0.164 e. The second-order valence-corrected chi connectivity index (χ2v) is 14.3. The average molecular weight is 712 g/mol. The highest BCUT2D eigenvalue weighted by molar-refractivity contribution is 6.38. The topological polar surface area (TPSA) is 38.7 Å². The van der Waals surface area contributed by atoms with Crippen LogP contribution in [0.2, 0.25) is 0 Å². The third kappa shape index (κ3) is 5.17. The fourth-order valence-corrected chi connectivity index (χ4v) is 8.61. The number of hydrogen-bond acceptors (Lipinski definition) is 3. The van der Waals surface area contributed by atoms with Crippen LogP contribution in [0.3, 0.4) is 0 Å². The predicted octanol–water partition coefficient (Wildman–Crippen LogP) is 14.1. The molecule has 0 saturated heterocycles. The minimum atomic E-state index is 0.628. The van der Waals surface area contributed by atoms with Crippen molar-refractivity contribution < 1.29 is 0 Å². The van der Waals surface area contributed by atoms with Gasteiger partial charge in [0.15, 0.2) is 17.5 Å². The van der Waals surface area contributed by atoms with Crippen molar-refractivity contribution in [1.82, 2.24) is 15.0 Å². The quantitative estimate of drug-likeness (QED) is 0.171. The van der Waals surface area contributed by atoms with E-state index in [1.807, 2.05) is 36.4 Å². The highest BCUT2D eigenvalue weighted by Gasteiger charge is 2.17. The van der Waals surface area contributed by atoms with Crippen LogP contribution >= 0.6 is 0 Å². The zero-order chi connectivity index (χ0) is 37.0. The van der Waals surface area contributed by atoms with E-state index >= 15 is 0 Å². The van der Waals surface area contributed by atoms with E-state index in [0.29, 0.717) is 17.5 Å². The van der Waals surface area contributed by atoms with Gasteiger partial charge in [-0.1, -0.05) is 194 Å². The average Bonchev–Trinajstić information content (AvgIpc) is 3.28. The Kier molecular flexibility index (Phi) is 7.49. The molecule has 0 N–H and O–H groups in total.